The third kappa shape index (κ3) is 3.98. The molecule has 7 heteroatoms. The largest absolute Gasteiger partial charge is 0.359 e. The summed E-state index contributed by atoms with van der Waals surface area (Å²) in [5.74, 6) is -4.18. The lowest BCUT2D eigenvalue weighted by Gasteiger charge is -2.23. The van der Waals surface area contributed by atoms with Gasteiger partial charge in [-0.2, -0.15) is 4.39 Å². The average Bonchev–Trinajstić information content (AvgIpc) is 3.01. The Morgan fingerprint density at radius 1 is 1.18 bits per heavy atom. The highest BCUT2D eigenvalue weighted by molar-refractivity contribution is 5.95. The Morgan fingerprint density at radius 2 is 1.93 bits per heavy atom. The third-order valence-electron chi connectivity index (χ3n) is 4.34. The lowest BCUT2D eigenvalue weighted by atomic mass is 10.1. The number of fused-ring (bicyclic) bond motifs is 1. The van der Waals surface area contributed by atoms with Crippen molar-refractivity contribution in [3.05, 3.63) is 76.9 Å². The fraction of sp³-hybridized carbons (Fsp3) is 0.143. The number of carbonyl (C=O) groups excluding carboxylic acids is 1. The Balaban J connectivity index is 2.09. The highest BCUT2D eigenvalue weighted by Gasteiger charge is 2.15. The van der Waals surface area contributed by atoms with E-state index in [2.05, 4.69) is 16.7 Å². The van der Waals surface area contributed by atoms with Gasteiger partial charge in [0.2, 0.25) is 5.83 Å². The molecular formula is C21H18F3N3O. The molecule has 0 aliphatic carbocycles. The maximum absolute atomic E-state index is 14.2. The zero-order valence-corrected chi connectivity index (χ0v) is 15.4. The Bertz CT molecular complexity index is 1100. The van der Waals surface area contributed by atoms with Gasteiger partial charge < -0.3 is 9.88 Å². The predicted octanol–water partition coefficient (Wildman–Crippen LogP) is 5.11. The number of anilines is 1. The molecule has 0 bridgehead atoms. The van der Waals surface area contributed by atoms with Crippen molar-refractivity contribution < 1.29 is 18.0 Å². The number of hydrogen-bond acceptors (Lipinski definition) is 2. The summed E-state index contributed by atoms with van der Waals surface area (Å²) in [6.07, 6.45) is 0.992. The molecule has 3 aromatic rings. The van der Waals surface area contributed by atoms with E-state index in [1.54, 1.807) is 0 Å². The molecule has 2 aromatic carbocycles. The van der Waals surface area contributed by atoms with E-state index >= 15 is 0 Å². The number of nitrogens with one attached hydrogen (secondary N) is 1. The van der Waals surface area contributed by atoms with Crippen molar-refractivity contribution in [3.63, 3.8) is 0 Å². The van der Waals surface area contributed by atoms with Crippen LogP contribution in [0.2, 0.25) is 0 Å². The zero-order valence-electron chi connectivity index (χ0n) is 15.4. The Morgan fingerprint density at radius 3 is 2.61 bits per heavy atom. The second kappa shape index (κ2) is 7.72. The SMILES string of the molecule is C=NC(=O)/C(F)=C\N(Cc1ccc(F)c(F)c1)c1cc2cc(C)[nH]c2cc1C. The van der Waals surface area contributed by atoms with Gasteiger partial charge in [0.05, 0.1) is 0 Å². The van der Waals surface area contributed by atoms with Crippen molar-refractivity contribution in [3.8, 4) is 0 Å². The standard InChI is InChI=1S/C21H18F3N3O/c1-12-6-19-15(7-13(2)26-19)9-20(12)27(11-18(24)21(28)25-3)10-14-4-5-16(22)17(23)8-14/h4-9,11,26H,3,10H2,1-2H3/b18-11+. The molecule has 3 rings (SSSR count). The topological polar surface area (TPSA) is 48.5 Å². The number of aromatic nitrogens is 1. The normalized spacial score (nSPS) is 11.7. The molecule has 1 heterocycles. The minimum Gasteiger partial charge on any atom is -0.359 e. The number of aryl methyl sites for hydroxylation is 2. The highest BCUT2D eigenvalue weighted by atomic mass is 19.2. The first kappa shape index (κ1) is 19.4. The Hall–Kier alpha value is -3.35. The number of H-pyrrole nitrogens is 1. The molecule has 0 aliphatic rings. The van der Waals surface area contributed by atoms with Gasteiger partial charge in [-0.3, -0.25) is 4.79 Å². The van der Waals surface area contributed by atoms with Gasteiger partial charge in [-0.25, -0.2) is 13.8 Å². The molecule has 0 radical (unpaired) electrons. The second-order valence-electron chi connectivity index (χ2n) is 6.49. The molecule has 0 saturated carbocycles. The number of aliphatic imine (C=N–C) groups is 1. The van der Waals surface area contributed by atoms with E-state index in [0.29, 0.717) is 11.3 Å². The molecule has 4 nitrogen and oxygen atoms in total. The van der Waals surface area contributed by atoms with E-state index < -0.39 is 23.4 Å². The van der Waals surface area contributed by atoms with Gasteiger partial charge in [-0.1, -0.05) is 6.07 Å². The smallest absolute Gasteiger partial charge is 0.306 e. The third-order valence-corrected chi connectivity index (χ3v) is 4.34. The molecule has 0 spiro atoms. The van der Waals surface area contributed by atoms with Crippen molar-refractivity contribution in [1.29, 1.82) is 0 Å². The Labute approximate surface area is 160 Å². The van der Waals surface area contributed by atoms with E-state index in [1.807, 2.05) is 32.0 Å². The summed E-state index contributed by atoms with van der Waals surface area (Å²) in [5, 5.41) is 0.898. The van der Waals surface area contributed by atoms with Crippen LogP contribution in [0.3, 0.4) is 0 Å². The molecule has 0 saturated heterocycles. The quantitative estimate of drug-likeness (QED) is 0.490. The molecule has 0 unspecified atom stereocenters. The summed E-state index contributed by atoms with van der Waals surface area (Å²) in [4.78, 5) is 19.3. The summed E-state index contributed by atoms with van der Waals surface area (Å²) in [6.45, 7) is 6.81. The molecule has 1 N–H and O–H groups in total. The molecule has 1 aromatic heterocycles. The number of hydrogen-bond donors (Lipinski definition) is 1. The van der Waals surface area contributed by atoms with Gasteiger partial charge >= 0.3 is 5.91 Å². The summed E-state index contributed by atoms with van der Waals surface area (Å²) >= 11 is 0. The van der Waals surface area contributed by atoms with E-state index in [0.717, 1.165) is 40.5 Å². The fourth-order valence-corrected chi connectivity index (χ4v) is 3.03. The zero-order chi connectivity index (χ0) is 20.4. The maximum atomic E-state index is 14.2. The van der Waals surface area contributed by atoms with Gasteiger partial charge in [0.25, 0.3) is 0 Å². The van der Waals surface area contributed by atoms with E-state index in [4.69, 9.17) is 0 Å². The fourth-order valence-electron chi connectivity index (χ4n) is 3.03. The summed E-state index contributed by atoms with van der Waals surface area (Å²) < 4.78 is 41.1. The first-order valence-corrected chi connectivity index (χ1v) is 8.47. The van der Waals surface area contributed by atoms with Gasteiger partial charge in [-0.15, -0.1) is 0 Å². The molecule has 144 valence electrons. The van der Waals surface area contributed by atoms with E-state index in [9.17, 15) is 18.0 Å². The summed E-state index contributed by atoms with van der Waals surface area (Å²) in [7, 11) is 0. The number of amides is 1. The van der Waals surface area contributed by atoms with Crippen LogP contribution in [0.25, 0.3) is 10.9 Å². The summed E-state index contributed by atoms with van der Waals surface area (Å²) in [5.41, 5.74) is 3.71. The van der Waals surface area contributed by atoms with Crippen LogP contribution in [-0.2, 0) is 11.3 Å². The number of carbonyl (C=O) groups is 1. The van der Waals surface area contributed by atoms with Crippen LogP contribution in [0.4, 0.5) is 18.9 Å². The van der Waals surface area contributed by atoms with Crippen molar-refractivity contribution >= 4 is 29.2 Å². The number of benzene rings is 2. The van der Waals surface area contributed by atoms with E-state index in [1.165, 1.54) is 11.0 Å². The first-order valence-electron chi connectivity index (χ1n) is 8.47. The minimum absolute atomic E-state index is 0.0186. The molecule has 0 aliphatic heterocycles. The van der Waals surface area contributed by atoms with Crippen LogP contribution >= 0.6 is 0 Å². The Kier molecular flexibility index (Phi) is 5.35. The number of aromatic amines is 1. The van der Waals surface area contributed by atoms with Gasteiger partial charge in [0.1, 0.15) is 0 Å². The van der Waals surface area contributed by atoms with Crippen molar-refractivity contribution in [2.24, 2.45) is 4.99 Å². The van der Waals surface area contributed by atoms with Crippen molar-refractivity contribution in [1.82, 2.24) is 4.98 Å². The van der Waals surface area contributed by atoms with Crippen LogP contribution in [0.5, 0.6) is 0 Å². The summed E-state index contributed by atoms with van der Waals surface area (Å²) in [6, 6.07) is 9.11. The molecule has 0 fully saturated rings. The lowest BCUT2D eigenvalue weighted by molar-refractivity contribution is -0.115. The number of nitrogens with zero attached hydrogens (tertiary/aromatic N) is 2. The van der Waals surface area contributed by atoms with Crippen molar-refractivity contribution in [2.75, 3.05) is 4.90 Å². The van der Waals surface area contributed by atoms with Crippen LogP contribution in [0, 0.1) is 25.5 Å². The van der Waals surface area contributed by atoms with Crippen LogP contribution in [0.15, 0.2) is 53.4 Å². The van der Waals surface area contributed by atoms with Crippen molar-refractivity contribution in [2.45, 2.75) is 20.4 Å². The number of rotatable bonds is 5. The van der Waals surface area contributed by atoms with Crippen LogP contribution < -0.4 is 4.90 Å². The molecule has 0 atom stereocenters. The van der Waals surface area contributed by atoms with Crippen LogP contribution in [0.1, 0.15) is 16.8 Å². The molecule has 28 heavy (non-hydrogen) atoms. The first-order chi connectivity index (χ1) is 13.3. The second-order valence-corrected chi connectivity index (χ2v) is 6.49. The van der Waals surface area contributed by atoms with Gasteiger partial charge in [0.15, 0.2) is 11.6 Å². The molecule has 1 amide bonds. The van der Waals surface area contributed by atoms with Crippen LogP contribution in [-0.4, -0.2) is 17.6 Å². The predicted molar refractivity (Wildman–Crippen MR) is 104 cm³/mol. The monoisotopic (exact) mass is 385 g/mol. The highest BCUT2D eigenvalue weighted by Crippen LogP contribution is 2.29. The van der Waals surface area contributed by atoms with Gasteiger partial charge in [0, 0.05) is 35.0 Å². The van der Waals surface area contributed by atoms with Gasteiger partial charge in [-0.05, 0) is 62.0 Å². The molecular weight excluding hydrogens is 367 g/mol. The average molecular weight is 385 g/mol. The minimum atomic E-state index is -1.11. The maximum Gasteiger partial charge on any atom is 0.306 e. The number of halogens is 3. The lowest BCUT2D eigenvalue weighted by Crippen LogP contribution is -2.18. The van der Waals surface area contributed by atoms with E-state index in [-0.39, 0.29) is 6.54 Å².